The van der Waals surface area contributed by atoms with Crippen LogP contribution in [-0.4, -0.2) is 5.54 Å². The maximum atomic E-state index is 2.55. The standard InChI is InChI=1S/C39H39N/c1-26-18-19-31(29-16-12-9-13-17-29)24-36(26)40(38(3,4)5)37-25-35-33(22-27(37)2)32-21-20-30(23-34(32)39(35,6)7)28-14-10-8-11-15-28/h8-25H,1-7H3. The van der Waals surface area contributed by atoms with Gasteiger partial charge in [0.2, 0.25) is 0 Å². The van der Waals surface area contributed by atoms with Crippen molar-refractivity contribution in [3.63, 3.8) is 0 Å². The van der Waals surface area contributed by atoms with Crippen LogP contribution in [-0.2, 0) is 5.41 Å². The fourth-order valence-electron chi connectivity index (χ4n) is 6.44. The minimum Gasteiger partial charge on any atom is -0.336 e. The quantitative estimate of drug-likeness (QED) is 0.227. The Balaban J connectivity index is 1.50. The third-order valence-corrected chi connectivity index (χ3v) is 8.57. The van der Waals surface area contributed by atoms with Gasteiger partial charge in [0.05, 0.1) is 0 Å². The molecule has 0 atom stereocenters. The minimum atomic E-state index is -0.116. The Kier molecular flexibility index (Phi) is 6.22. The van der Waals surface area contributed by atoms with Crippen molar-refractivity contribution in [1.29, 1.82) is 0 Å². The molecule has 0 aromatic heterocycles. The van der Waals surface area contributed by atoms with Crippen molar-refractivity contribution >= 4 is 11.4 Å². The van der Waals surface area contributed by atoms with Crippen LogP contribution in [0.15, 0.2) is 109 Å². The summed E-state index contributed by atoms with van der Waals surface area (Å²) in [5, 5.41) is 0. The first-order valence-corrected chi connectivity index (χ1v) is 14.4. The van der Waals surface area contributed by atoms with Gasteiger partial charge in [-0.05, 0) is 115 Å². The van der Waals surface area contributed by atoms with Crippen LogP contribution in [0.5, 0.6) is 0 Å². The van der Waals surface area contributed by atoms with E-state index in [0.717, 1.165) is 0 Å². The molecule has 6 rings (SSSR count). The predicted octanol–water partition coefficient (Wildman–Crippen LogP) is 10.9. The van der Waals surface area contributed by atoms with E-state index in [4.69, 9.17) is 0 Å². The Morgan fingerprint density at radius 2 is 1.02 bits per heavy atom. The first-order valence-electron chi connectivity index (χ1n) is 14.4. The summed E-state index contributed by atoms with van der Waals surface area (Å²) in [7, 11) is 0. The predicted molar refractivity (Wildman–Crippen MR) is 173 cm³/mol. The lowest BCUT2D eigenvalue weighted by Gasteiger charge is -2.40. The lowest BCUT2D eigenvalue weighted by Crippen LogP contribution is -2.38. The summed E-state index contributed by atoms with van der Waals surface area (Å²) in [5.74, 6) is 0. The van der Waals surface area contributed by atoms with E-state index in [1.165, 1.54) is 67.0 Å². The second-order valence-corrected chi connectivity index (χ2v) is 12.8. The molecule has 0 heterocycles. The van der Waals surface area contributed by atoms with Gasteiger partial charge in [0.25, 0.3) is 0 Å². The zero-order valence-corrected chi connectivity index (χ0v) is 24.8. The van der Waals surface area contributed by atoms with Crippen LogP contribution in [0.2, 0.25) is 0 Å². The van der Waals surface area contributed by atoms with Gasteiger partial charge in [0, 0.05) is 22.3 Å². The Hall–Kier alpha value is -4.10. The maximum absolute atomic E-state index is 2.55. The van der Waals surface area contributed by atoms with Crippen LogP contribution in [0.4, 0.5) is 11.4 Å². The SMILES string of the molecule is Cc1ccc(-c2ccccc2)cc1N(c1cc2c(cc1C)-c1ccc(-c3ccccc3)cc1C2(C)C)C(C)(C)C. The van der Waals surface area contributed by atoms with E-state index in [-0.39, 0.29) is 11.0 Å². The fourth-order valence-corrected chi connectivity index (χ4v) is 6.44. The number of anilines is 2. The minimum absolute atomic E-state index is 0.0948. The van der Waals surface area contributed by atoms with E-state index in [1.54, 1.807) is 0 Å². The number of aryl methyl sites for hydroxylation is 2. The number of rotatable bonds is 4. The molecule has 40 heavy (non-hydrogen) atoms. The van der Waals surface area contributed by atoms with E-state index in [2.05, 4.69) is 163 Å². The smallest absolute Gasteiger partial charge is 0.0451 e. The third kappa shape index (κ3) is 4.34. The van der Waals surface area contributed by atoms with Crippen molar-refractivity contribution in [1.82, 2.24) is 0 Å². The Labute approximate surface area is 240 Å². The molecule has 0 N–H and O–H groups in total. The van der Waals surface area contributed by atoms with Gasteiger partial charge in [-0.1, -0.05) is 98.8 Å². The monoisotopic (exact) mass is 521 g/mol. The summed E-state index contributed by atoms with van der Waals surface area (Å²) in [6.45, 7) is 16.2. The maximum Gasteiger partial charge on any atom is 0.0451 e. The summed E-state index contributed by atoms with van der Waals surface area (Å²) in [6.07, 6.45) is 0. The van der Waals surface area contributed by atoms with Gasteiger partial charge in [-0.2, -0.15) is 0 Å². The first kappa shape index (κ1) is 26.1. The molecule has 1 aliphatic rings. The number of fused-ring (bicyclic) bond motifs is 3. The molecule has 0 saturated heterocycles. The molecule has 5 aromatic rings. The molecule has 0 unspecified atom stereocenters. The van der Waals surface area contributed by atoms with Crippen molar-refractivity contribution in [2.45, 2.75) is 59.4 Å². The summed E-state index contributed by atoms with van der Waals surface area (Å²) < 4.78 is 0. The van der Waals surface area contributed by atoms with E-state index < -0.39 is 0 Å². The van der Waals surface area contributed by atoms with Gasteiger partial charge in [0.1, 0.15) is 0 Å². The average Bonchev–Trinajstić information content (AvgIpc) is 3.15. The second-order valence-electron chi connectivity index (χ2n) is 12.8. The zero-order valence-electron chi connectivity index (χ0n) is 24.8. The van der Waals surface area contributed by atoms with Gasteiger partial charge < -0.3 is 4.90 Å². The fraction of sp³-hybridized carbons (Fsp3) is 0.231. The summed E-state index contributed by atoms with van der Waals surface area (Å²) in [5.41, 5.74) is 15.5. The average molecular weight is 522 g/mol. The first-order chi connectivity index (χ1) is 19.1. The van der Waals surface area contributed by atoms with Crippen LogP contribution in [0.25, 0.3) is 33.4 Å². The Morgan fingerprint density at radius 3 is 1.62 bits per heavy atom. The molecular weight excluding hydrogens is 482 g/mol. The van der Waals surface area contributed by atoms with Crippen LogP contribution < -0.4 is 4.90 Å². The molecule has 0 bridgehead atoms. The lowest BCUT2D eigenvalue weighted by molar-refractivity contribution is 0.557. The lowest BCUT2D eigenvalue weighted by atomic mass is 9.81. The normalized spacial score (nSPS) is 13.6. The molecule has 0 fully saturated rings. The topological polar surface area (TPSA) is 3.24 Å². The molecule has 5 aromatic carbocycles. The van der Waals surface area contributed by atoms with Crippen LogP contribution >= 0.6 is 0 Å². The van der Waals surface area contributed by atoms with Gasteiger partial charge in [-0.3, -0.25) is 0 Å². The van der Waals surface area contributed by atoms with Crippen molar-refractivity contribution in [3.8, 4) is 33.4 Å². The highest BCUT2D eigenvalue weighted by molar-refractivity contribution is 5.87. The molecule has 0 spiro atoms. The van der Waals surface area contributed by atoms with Gasteiger partial charge in [-0.25, -0.2) is 0 Å². The molecule has 0 aliphatic heterocycles. The van der Waals surface area contributed by atoms with Crippen molar-refractivity contribution in [2.75, 3.05) is 4.90 Å². The van der Waals surface area contributed by atoms with E-state index in [9.17, 15) is 0 Å². The number of hydrogen-bond acceptors (Lipinski definition) is 1. The van der Waals surface area contributed by atoms with E-state index in [0.29, 0.717) is 0 Å². The molecule has 1 heteroatoms. The molecule has 0 saturated carbocycles. The number of benzene rings is 5. The number of nitrogens with zero attached hydrogens (tertiary/aromatic N) is 1. The van der Waals surface area contributed by atoms with Crippen molar-refractivity contribution < 1.29 is 0 Å². The van der Waals surface area contributed by atoms with Crippen LogP contribution in [0.1, 0.15) is 56.9 Å². The van der Waals surface area contributed by atoms with E-state index in [1.807, 2.05) is 0 Å². The highest BCUT2D eigenvalue weighted by atomic mass is 15.2. The van der Waals surface area contributed by atoms with Gasteiger partial charge >= 0.3 is 0 Å². The van der Waals surface area contributed by atoms with Crippen LogP contribution in [0.3, 0.4) is 0 Å². The third-order valence-electron chi connectivity index (χ3n) is 8.57. The molecule has 0 radical (unpaired) electrons. The highest BCUT2D eigenvalue weighted by Gasteiger charge is 2.38. The van der Waals surface area contributed by atoms with Crippen LogP contribution in [0, 0.1) is 13.8 Å². The van der Waals surface area contributed by atoms with Crippen molar-refractivity contribution in [3.05, 3.63) is 131 Å². The molecular formula is C39H39N. The molecule has 0 amide bonds. The molecule has 200 valence electrons. The second kappa shape index (κ2) is 9.52. The van der Waals surface area contributed by atoms with E-state index >= 15 is 0 Å². The molecule has 1 aliphatic carbocycles. The summed E-state index contributed by atoms with van der Waals surface area (Å²) in [6, 6.07) is 40.2. The zero-order chi connectivity index (χ0) is 28.2. The summed E-state index contributed by atoms with van der Waals surface area (Å²) >= 11 is 0. The highest BCUT2D eigenvalue weighted by Crippen LogP contribution is 2.52. The number of hydrogen-bond donors (Lipinski definition) is 0. The Morgan fingerprint density at radius 1 is 0.500 bits per heavy atom. The largest absolute Gasteiger partial charge is 0.336 e. The molecule has 1 nitrogen and oxygen atoms in total. The van der Waals surface area contributed by atoms with Gasteiger partial charge in [0.15, 0.2) is 0 Å². The van der Waals surface area contributed by atoms with Gasteiger partial charge in [-0.15, -0.1) is 0 Å². The van der Waals surface area contributed by atoms with Crippen molar-refractivity contribution in [2.24, 2.45) is 0 Å². The summed E-state index contributed by atoms with van der Waals surface area (Å²) in [4.78, 5) is 2.55. The Bertz CT molecular complexity index is 1700.